The molecule has 1 aliphatic carbocycles. The van der Waals surface area contributed by atoms with Crippen molar-refractivity contribution in [2.75, 3.05) is 20.8 Å². The van der Waals surface area contributed by atoms with E-state index in [9.17, 15) is 8.42 Å². The Morgan fingerprint density at radius 2 is 1.75 bits per heavy atom. The molecule has 2 aromatic carbocycles. The summed E-state index contributed by atoms with van der Waals surface area (Å²) in [4.78, 5) is 0.288. The van der Waals surface area contributed by atoms with Gasteiger partial charge in [-0.3, -0.25) is 0 Å². The van der Waals surface area contributed by atoms with Crippen LogP contribution in [0.15, 0.2) is 47.4 Å². The quantitative estimate of drug-likeness (QED) is 0.873. The molecule has 2 aromatic rings. The molecule has 0 bridgehead atoms. The number of ether oxygens (including phenoxy) is 2. The van der Waals surface area contributed by atoms with Gasteiger partial charge in [-0.2, -0.15) is 0 Å². The van der Waals surface area contributed by atoms with E-state index < -0.39 is 10.0 Å². The van der Waals surface area contributed by atoms with Crippen LogP contribution in [0.25, 0.3) is 0 Å². The van der Waals surface area contributed by atoms with Gasteiger partial charge in [-0.15, -0.1) is 0 Å². The highest BCUT2D eigenvalue weighted by Gasteiger charge is 2.26. The molecule has 0 spiro atoms. The van der Waals surface area contributed by atoms with Crippen molar-refractivity contribution in [2.45, 2.75) is 23.7 Å². The second-order valence-electron chi connectivity index (χ2n) is 5.81. The van der Waals surface area contributed by atoms with Crippen LogP contribution >= 0.6 is 0 Å². The highest BCUT2D eigenvalue weighted by Crippen LogP contribution is 2.40. The minimum absolute atomic E-state index is 0.137. The SMILES string of the molecule is COc1cc2c(cc1OC)C(CNS(=O)(=O)c1ccccc1)CC2. The largest absolute Gasteiger partial charge is 0.493 e. The van der Waals surface area contributed by atoms with E-state index in [0.29, 0.717) is 18.0 Å². The molecule has 24 heavy (non-hydrogen) atoms. The summed E-state index contributed by atoms with van der Waals surface area (Å²) < 4.78 is 38.2. The third-order valence-electron chi connectivity index (χ3n) is 4.42. The minimum Gasteiger partial charge on any atom is -0.493 e. The molecule has 3 rings (SSSR count). The second kappa shape index (κ2) is 6.83. The van der Waals surface area contributed by atoms with Crippen LogP contribution in [0.4, 0.5) is 0 Å². The van der Waals surface area contributed by atoms with Gasteiger partial charge >= 0.3 is 0 Å². The third-order valence-corrected chi connectivity index (χ3v) is 5.86. The maximum Gasteiger partial charge on any atom is 0.240 e. The number of fused-ring (bicyclic) bond motifs is 1. The summed E-state index contributed by atoms with van der Waals surface area (Å²) in [6.45, 7) is 0.375. The Bertz CT molecular complexity index is 818. The summed E-state index contributed by atoms with van der Waals surface area (Å²) >= 11 is 0. The Labute approximate surface area is 142 Å². The molecule has 1 aliphatic rings. The monoisotopic (exact) mass is 347 g/mol. The normalized spacial score (nSPS) is 16.7. The predicted octanol–water partition coefficient (Wildman–Crippen LogP) is 2.71. The fourth-order valence-electron chi connectivity index (χ4n) is 3.12. The van der Waals surface area contributed by atoms with Crippen LogP contribution in [-0.2, 0) is 16.4 Å². The predicted molar refractivity (Wildman–Crippen MR) is 92.2 cm³/mol. The highest BCUT2D eigenvalue weighted by atomic mass is 32.2. The molecule has 0 fully saturated rings. The first-order valence-electron chi connectivity index (χ1n) is 7.84. The summed E-state index contributed by atoms with van der Waals surface area (Å²) in [6.07, 6.45) is 1.82. The molecule has 0 saturated heterocycles. The van der Waals surface area contributed by atoms with Gasteiger partial charge in [-0.05, 0) is 54.2 Å². The molecule has 0 aliphatic heterocycles. The van der Waals surface area contributed by atoms with Crippen molar-refractivity contribution < 1.29 is 17.9 Å². The molecule has 5 nitrogen and oxygen atoms in total. The molecular weight excluding hydrogens is 326 g/mol. The van der Waals surface area contributed by atoms with Gasteiger partial charge in [0.25, 0.3) is 0 Å². The lowest BCUT2D eigenvalue weighted by Crippen LogP contribution is -2.27. The van der Waals surface area contributed by atoms with Crippen molar-refractivity contribution in [2.24, 2.45) is 0 Å². The number of hydrogen-bond acceptors (Lipinski definition) is 4. The lowest BCUT2D eigenvalue weighted by Gasteiger charge is -2.15. The fourth-order valence-corrected chi connectivity index (χ4v) is 4.23. The average molecular weight is 347 g/mol. The maximum atomic E-state index is 12.4. The van der Waals surface area contributed by atoms with Gasteiger partial charge in [0, 0.05) is 6.54 Å². The molecule has 1 N–H and O–H groups in total. The Morgan fingerprint density at radius 1 is 1.08 bits per heavy atom. The molecule has 0 saturated carbocycles. The smallest absolute Gasteiger partial charge is 0.240 e. The molecule has 0 heterocycles. The number of benzene rings is 2. The van der Waals surface area contributed by atoms with E-state index >= 15 is 0 Å². The molecule has 0 radical (unpaired) electrons. The van der Waals surface area contributed by atoms with Crippen molar-refractivity contribution in [3.8, 4) is 11.5 Å². The third kappa shape index (κ3) is 3.25. The van der Waals surface area contributed by atoms with E-state index in [-0.39, 0.29) is 10.8 Å². The van der Waals surface area contributed by atoms with Gasteiger partial charge in [0.05, 0.1) is 19.1 Å². The summed E-state index contributed by atoms with van der Waals surface area (Å²) in [5.41, 5.74) is 2.32. The number of rotatable bonds is 6. The molecule has 0 amide bonds. The van der Waals surface area contributed by atoms with Gasteiger partial charge < -0.3 is 9.47 Å². The Hall–Kier alpha value is -2.05. The molecule has 0 aromatic heterocycles. The van der Waals surface area contributed by atoms with Crippen molar-refractivity contribution in [1.29, 1.82) is 0 Å². The van der Waals surface area contributed by atoms with Gasteiger partial charge in [0.1, 0.15) is 0 Å². The zero-order valence-corrected chi connectivity index (χ0v) is 14.6. The summed E-state index contributed by atoms with van der Waals surface area (Å²) in [5.74, 6) is 1.52. The van der Waals surface area contributed by atoms with Gasteiger partial charge in [-0.1, -0.05) is 18.2 Å². The Balaban J connectivity index is 1.78. The average Bonchev–Trinajstić information content (AvgIpc) is 3.01. The van der Waals surface area contributed by atoms with Crippen molar-refractivity contribution in [3.63, 3.8) is 0 Å². The molecular formula is C18H21NO4S. The number of aryl methyl sites for hydroxylation is 1. The molecule has 128 valence electrons. The lowest BCUT2D eigenvalue weighted by atomic mass is 10.0. The van der Waals surface area contributed by atoms with E-state index in [4.69, 9.17) is 9.47 Å². The first kappa shape index (κ1) is 16.8. The molecule has 1 unspecified atom stereocenters. The Kier molecular flexibility index (Phi) is 4.78. The zero-order valence-electron chi connectivity index (χ0n) is 13.8. The second-order valence-corrected chi connectivity index (χ2v) is 7.57. The standard InChI is InChI=1S/C18H21NO4S/c1-22-17-10-13-8-9-14(16(13)11-18(17)23-2)12-19-24(20,21)15-6-4-3-5-7-15/h3-7,10-11,14,19H,8-9,12H2,1-2H3. The van der Waals surface area contributed by atoms with Crippen LogP contribution in [0.3, 0.4) is 0 Å². The lowest BCUT2D eigenvalue weighted by molar-refractivity contribution is 0.354. The first-order chi connectivity index (χ1) is 11.5. The highest BCUT2D eigenvalue weighted by molar-refractivity contribution is 7.89. The summed E-state index contributed by atoms with van der Waals surface area (Å²) in [7, 11) is -0.266. The minimum atomic E-state index is -3.48. The van der Waals surface area contributed by atoms with Gasteiger partial charge in [-0.25, -0.2) is 13.1 Å². The van der Waals surface area contributed by atoms with Crippen LogP contribution < -0.4 is 14.2 Å². The van der Waals surface area contributed by atoms with Crippen LogP contribution in [0.1, 0.15) is 23.5 Å². The first-order valence-corrected chi connectivity index (χ1v) is 9.33. The van der Waals surface area contributed by atoms with Gasteiger partial charge in [0.15, 0.2) is 11.5 Å². The van der Waals surface area contributed by atoms with Gasteiger partial charge in [0.2, 0.25) is 10.0 Å². The van der Waals surface area contributed by atoms with Crippen molar-refractivity contribution in [1.82, 2.24) is 4.72 Å². The molecule has 1 atom stereocenters. The number of methoxy groups -OCH3 is 2. The van der Waals surface area contributed by atoms with E-state index in [1.807, 2.05) is 12.1 Å². The zero-order chi connectivity index (χ0) is 17.2. The van der Waals surface area contributed by atoms with Crippen molar-refractivity contribution in [3.05, 3.63) is 53.6 Å². The topological polar surface area (TPSA) is 64.6 Å². The Morgan fingerprint density at radius 3 is 2.42 bits per heavy atom. The number of nitrogens with one attached hydrogen (secondary N) is 1. The fraction of sp³-hybridized carbons (Fsp3) is 0.333. The van der Waals surface area contributed by atoms with Crippen LogP contribution in [-0.4, -0.2) is 29.2 Å². The number of hydrogen-bond donors (Lipinski definition) is 1. The van der Waals surface area contributed by atoms with E-state index in [0.717, 1.165) is 18.4 Å². The van der Waals surface area contributed by atoms with E-state index in [2.05, 4.69) is 4.72 Å². The van der Waals surface area contributed by atoms with Crippen LogP contribution in [0.2, 0.25) is 0 Å². The number of sulfonamides is 1. The summed E-state index contributed by atoms with van der Waals surface area (Å²) in [6, 6.07) is 12.4. The van der Waals surface area contributed by atoms with E-state index in [1.54, 1.807) is 44.6 Å². The van der Waals surface area contributed by atoms with E-state index in [1.165, 1.54) is 5.56 Å². The molecule has 6 heteroatoms. The van der Waals surface area contributed by atoms with Crippen LogP contribution in [0.5, 0.6) is 11.5 Å². The van der Waals surface area contributed by atoms with Crippen molar-refractivity contribution >= 4 is 10.0 Å². The van der Waals surface area contributed by atoms with Crippen LogP contribution in [0, 0.1) is 0 Å². The summed E-state index contributed by atoms with van der Waals surface area (Å²) in [5, 5.41) is 0. The maximum absolute atomic E-state index is 12.4.